The highest BCUT2D eigenvalue weighted by molar-refractivity contribution is 5.91. The second-order valence-corrected chi connectivity index (χ2v) is 9.97. The first-order chi connectivity index (χ1) is 20.0. The van der Waals surface area contributed by atoms with E-state index in [1.54, 1.807) is 30.3 Å². The Morgan fingerprint density at radius 2 is 1.29 bits per heavy atom. The Balaban J connectivity index is 1.66. The minimum Gasteiger partial charge on any atom is -0.494 e. The fourth-order valence-corrected chi connectivity index (χ4v) is 3.92. The molecule has 2 rings (SSSR count). The van der Waals surface area contributed by atoms with Crippen LogP contribution in [0.1, 0.15) is 93.5 Å². The molecule has 2 aromatic rings. The van der Waals surface area contributed by atoms with Gasteiger partial charge in [-0.15, -0.1) is 0 Å². The van der Waals surface area contributed by atoms with Crippen LogP contribution in [-0.2, 0) is 9.53 Å². The summed E-state index contributed by atoms with van der Waals surface area (Å²) in [6.07, 6.45) is 6.16. The van der Waals surface area contributed by atoms with Crippen LogP contribution in [0.2, 0.25) is 0 Å². The predicted molar refractivity (Wildman–Crippen MR) is 151 cm³/mol. The van der Waals surface area contributed by atoms with E-state index in [0.29, 0.717) is 12.2 Å². The van der Waals surface area contributed by atoms with E-state index in [9.17, 15) is 31.5 Å². The smallest absolute Gasteiger partial charge is 0.453 e. The van der Waals surface area contributed by atoms with Gasteiger partial charge in [0.15, 0.2) is 0 Å². The maximum absolute atomic E-state index is 12.9. The van der Waals surface area contributed by atoms with Gasteiger partial charge >= 0.3 is 24.0 Å². The van der Waals surface area contributed by atoms with E-state index in [1.165, 1.54) is 68.9 Å². The van der Waals surface area contributed by atoms with E-state index in [1.807, 2.05) is 0 Å². The Morgan fingerprint density at radius 3 is 1.88 bits per heavy atom. The number of carbonyl (C=O) groups excluding carboxylic acids is 2. The van der Waals surface area contributed by atoms with Crippen molar-refractivity contribution in [3.05, 3.63) is 65.7 Å². The van der Waals surface area contributed by atoms with Gasteiger partial charge in [0.1, 0.15) is 11.5 Å². The highest BCUT2D eigenvalue weighted by Gasteiger charge is 2.56. The van der Waals surface area contributed by atoms with Crippen LogP contribution in [-0.4, -0.2) is 37.3 Å². The highest BCUT2D eigenvalue weighted by Crippen LogP contribution is 2.38. The number of ether oxygens (including phenoxy) is 3. The number of hydrogen-bond acceptors (Lipinski definition) is 5. The first-order valence-corrected chi connectivity index (χ1v) is 14.4. The summed E-state index contributed by atoms with van der Waals surface area (Å²) in [6, 6.07) is 12.0. The van der Waals surface area contributed by atoms with Crippen LogP contribution < -0.4 is 9.47 Å². The first-order valence-electron chi connectivity index (χ1n) is 14.4. The molecule has 0 saturated heterocycles. The summed E-state index contributed by atoms with van der Waals surface area (Å²) >= 11 is 0. The Labute approximate surface area is 244 Å². The number of benzene rings is 2. The molecule has 0 spiro atoms. The Morgan fingerprint density at radius 1 is 0.714 bits per heavy atom. The summed E-state index contributed by atoms with van der Waals surface area (Å²) < 4.78 is 78.2. The molecule has 2 aromatic carbocycles. The van der Waals surface area contributed by atoms with E-state index < -0.39 is 36.9 Å². The van der Waals surface area contributed by atoms with Crippen molar-refractivity contribution >= 4 is 18.0 Å². The Hall–Kier alpha value is -3.43. The lowest BCUT2D eigenvalue weighted by molar-refractivity contribution is -0.284. The highest BCUT2D eigenvalue weighted by atomic mass is 19.4. The quantitative estimate of drug-likeness (QED) is 0.0530. The standard InChI is InChI=1S/C32H39F5O5/c1-2-3-4-5-6-7-8-9-10-23-41-29(38)21-14-25-12-17-28(18-13-25)42-30(39)26-15-19-27(20-16-26)40-24-11-22-31(33,34)32(35,36)37/h12-21H,2-11,22-24H2,1H3. The fourth-order valence-electron chi connectivity index (χ4n) is 3.92. The van der Waals surface area contributed by atoms with Crippen LogP contribution in [0.25, 0.3) is 6.08 Å². The zero-order chi connectivity index (χ0) is 30.8. The summed E-state index contributed by atoms with van der Waals surface area (Å²) in [6.45, 7) is 2.26. The molecule has 0 saturated carbocycles. The number of alkyl halides is 5. The summed E-state index contributed by atoms with van der Waals surface area (Å²) in [5, 5.41) is 0. The molecule has 5 nitrogen and oxygen atoms in total. The topological polar surface area (TPSA) is 61.8 Å². The lowest BCUT2D eigenvalue weighted by Gasteiger charge is -2.19. The lowest BCUT2D eigenvalue weighted by Crippen LogP contribution is -2.36. The molecule has 0 atom stereocenters. The molecule has 0 amide bonds. The number of unbranched alkanes of at least 4 members (excludes halogenated alkanes) is 8. The zero-order valence-electron chi connectivity index (χ0n) is 23.9. The molecule has 0 N–H and O–H groups in total. The molecule has 42 heavy (non-hydrogen) atoms. The molecule has 232 valence electrons. The number of hydrogen-bond donors (Lipinski definition) is 0. The summed E-state index contributed by atoms with van der Waals surface area (Å²) in [7, 11) is 0. The number of esters is 2. The van der Waals surface area contributed by atoms with E-state index in [2.05, 4.69) is 6.92 Å². The molecule has 0 aliphatic heterocycles. The van der Waals surface area contributed by atoms with Gasteiger partial charge in [-0.3, -0.25) is 0 Å². The second-order valence-electron chi connectivity index (χ2n) is 9.97. The normalized spacial score (nSPS) is 12.0. The molecule has 0 unspecified atom stereocenters. The van der Waals surface area contributed by atoms with E-state index in [0.717, 1.165) is 19.3 Å². The monoisotopic (exact) mass is 598 g/mol. The van der Waals surface area contributed by atoms with Crippen molar-refractivity contribution in [2.45, 2.75) is 89.7 Å². The van der Waals surface area contributed by atoms with Crippen LogP contribution in [0, 0.1) is 0 Å². The largest absolute Gasteiger partial charge is 0.494 e. The second kappa shape index (κ2) is 18.2. The van der Waals surface area contributed by atoms with Crippen molar-refractivity contribution in [2.75, 3.05) is 13.2 Å². The SMILES string of the molecule is CCCCCCCCCCCOC(=O)C=Cc1ccc(OC(=O)c2ccc(OCCCC(F)(F)C(F)(F)F)cc2)cc1. The van der Waals surface area contributed by atoms with Crippen molar-refractivity contribution in [1.29, 1.82) is 0 Å². The molecule has 0 radical (unpaired) electrons. The third-order valence-electron chi connectivity index (χ3n) is 6.40. The van der Waals surface area contributed by atoms with Crippen molar-refractivity contribution in [1.82, 2.24) is 0 Å². The molecular formula is C32H39F5O5. The molecule has 0 heterocycles. The Bertz CT molecular complexity index is 1100. The van der Waals surface area contributed by atoms with Gasteiger partial charge in [-0.25, -0.2) is 9.59 Å². The first kappa shape index (κ1) is 34.8. The number of halogens is 5. The van der Waals surface area contributed by atoms with E-state index in [-0.39, 0.29) is 23.7 Å². The molecule has 10 heteroatoms. The summed E-state index contributed by atoms with van der Waals surface area (Å²) in [4.78, 5) is 24.3. The summed E-state index contributed by atoms with van der Waals surface area (Å²) in [5.74, 6) is -5.36. The van der Waals surface area contributed by atoms with Crippen molar-refractivity contribution < 1.29 is 45.8 Å². The van der Waals surface area contributed by atoms with Crippen LogP contribution in [0.4, 0.5) is 22.0 Å². The zero-order valence-corrected chi connectivity index (χ0v) is 23.9. The van der Waals surface area contributed by atoms with Gasteiger partial charge in [0.2, 0.25) is 0 Å². The molecular weight excluding hydrogens is 559 g/mol. The maximum Gasteiger partial charge on any atom is 0.453 e. The van der Waals surface area contributed by atoms with Crippen molar-refractivity contribution in [2.24, 2.45) is 0 Å². The van der Waals surface area contributed by atoms with Gasteiger partial charge in [0.05, 0.1) is 18.8 Å². The fraction of sp³-hybridized carbons (Fsp3) is 0.500. The molecule has 0 aliphatic rings. The number of rotatable bonds is 19. The molecule has 0 fully saturated rings. The average molecular weight is 599 g/mol. The third kappa shape index (κ3) is 13.5. The third-order valence-corrected chi connectivity index (χ3v) is 6.40. The van der Waals surface area contributed by atoms with Crippen molar-refractivity contribution in [3.8, 4) is 11.5 Å². The van der Waals surface area contributed by atoms with Gasteiger partial charge in [-0.2, -0.15) is 22.0 Å². The van der Waals surface area contributed by atoms with E-state index in [4.69, 9.17) is 14.2 Å². The van der Waals surface area contributed by atoms with E-state index >= 15 is 0 Å². The van der Waals surface area contributed by atoms with Gasteiger partial charge < -0.3 is 14.2 Å². The maximum atomic E-state index is 12.9. The molecule has 0 aromatic heterocycles. The lowest BCUT2D eigenvalue weighted by atomic mass is 10.1. The number of carbonyl (C=O) groups is 2. The predicted octanol–water partition coefficient (Wildman–Crippen LogP) is 9.35. The summed E-state index contributed by atoms with van der Waals surface area (Å²) in [5.41, 5.74) is 0.897. The average Bonchev–Trinajstić information content (AvgIpc) is 2.95. The molecule has 0 bridgehead atoms. The minimum atomic E-state index is -5.59. The van der Waals surface area contributed by atoms with Gasteiger partial charge in [-0.05, 0) is 60.9 Å². The van der Waals surface area contributed by atoms with Gasteiger partial charge in [0, 0.05) is 12.5 Å². The van der Waals surface area contributed by atoms with Crippen LogP contribution in [0.15, 0.2) is 54.6 Å². The molecule has 0 aliphatic carbocycles. The van der Waals surface area contributed by atoms with Gasteiger partial charge in [-0.1, -0.05) is 70.4 Å². The Kier molecular flexibility index (Phi) is 15.1. The van der Waals surface area contributed by atoms with Crippen LogP contribution in [0.5, 0.6) is 11.5 Å². The van der Waals surface area contributed by atoms with Crippen molar-refractivity contribution in [3.63, 3.8) is 0 Å². The van der Waals surface area contributed by atoms with Crippen LogP contribution >= 0.6 is 0 Å². The van der Waals surface area contributed by atoms with Gasteiger partial charge in [0.25, 0.3) is 0 Å². The van der Waals surface area contributed by atoms with Crippen LogP contribution in [0.3, 0.4) is 0 Å². The minimum absolute atomic E-state index is 0.185.